The van der Waals surface area contributed by atoms with Gasteiger partial charge in [-0.1, -0.05) is 6.07 Å². The van der Waals surface area contributed by atoms with E-state index in [9.17, 15) is 0 Å². The average molecular weight is 325 g/mol. The van der Waals surface area contributed by atoms with Crippen LogP contribution >= 0.6 is 38.6 Å². The van der Waals surface area contributed by atoms with Crippen molar-refractivity contribution in [1.29, 1.82) is 0 Å². The van der Waals surface area contributed by atoms with Gasteiger partial charge in [0.1, 0.15) is 0 Å². The molecule has 3 rings (SSSR count). The minimum atomic E-state index is -0.149. The van der Waals surface area contributed by atoms with Gasteiger partial charge in [-0.15, -0.1) is 22.7 Å². The van der Waals surface area contributed by atoms with Crippen molar-refractivity contribution in [1.82, 2.24) is 4.98 Å². The van der Waals surface area contributed by atoms with Crippen LogP contribution in [0.2, 0.25) is 0 Å². The van der Waals surface area contributed by atoms with Crippen molar-refractivity contribution in [2.24, 2.45) is 5.73 Å². The summed E-state index contributed by atoms with van der Waals surface area (Å²) in [6.07, 6.45) is 1.83. The molecular formula is C12H9BrN2S2. The lowest BCUT2D eigenvalue weighted by Gasteiger charge is -2.10. The molecule has 1 unspecified atom stereocenters. The Morgan fingerprint density at radius 2 is 2.18 bits per heavy atom. The minimum Gasteiger partial charge on any atom is -0.318 e. The van der Waals surface area contributed by atoms with Crippen LogP contribution in [0.1, 0.15) is 16.6 Å². The number of fused-ring (bicyclic) bond motifs is 1. The largest absolute Gasteiger partial charge is 0.318 e. The van der Waals surface area contributed by atoms with E-state index in [1.807, 2.05) is 23.7 Å². The van der Waals surface area contributed by atoms with Gasteiger partial charge in [0.2, 0.25) is 0 Å². The molecule has 0 fully saturated rings. The van der Waals surface area contributed by atoms with Crippen LogP contribution in [0.25, 0.3) is 10.1 Å². The van der Waals surface area contributed by atoms with Gasteiger partial charge in [-0.2, -0.15) is 0 Å². The number of rotatable bonds is 2. The molecule has 0 spiro atoms. The van der Waals surface area contributed by atoms with Gasteiger partial charge in [0.05, 0.1) is 11.7 Å². The fourth-order valence-corrected chi connectivity index (χ4v) is 4.19. The topological polar surface area (TPSA) is 38.9 Å². The van der Waals surface area contributed by atoms with E-state index in [1.165, 1.54) is 4.70 Å². The Kier molecular flexibility index (Phi) is 3.00. The SMILES string of the molecule is NC(c1cccs1)c1nccc2scc(Br)c12. The normalized spacial score (nSPS) is 13.1. The molecule has 0 aliphatic rings. The van der Waals surface area contributed by atoms with Crippen molar-refractivity contribution < 1.29 is 0 Å². The van der Waals surface area contributed by atoms with Crippen LogP contribution in [0.3, 0.4) is 0 Å². The first-order valence-corrected chi connectivity index (χ1v) is 7.63. The molecule has 1 atom stereocenters. The summed E-state index contributed by atoms with van der Waals surface area (Å²) < 4.78 is 2.29. The van der Waals surface area contributed by atoms with Gasteiger partial charge in [0.15, 0.2) is 0 Å². The third kappa shape index (κ3) is 1.93. The number of nitrogens with two attached hydrogens (primary N) is 1. The maximum absolute atomic E-state index is 6.29. The number of nitrogens with zero attached hydrogens (tertiary/aromatic N) is 1. The van der Waals surface area contributed by atoms with E-state index in [-0.39, 0.29) is 6.04 Å². The highest BCUT2D eigenvalue weighted by molar-refractivity contribution is 9.10. The highest BCUT2D eigenvalue weighted by Gasteiger charge is 2.17. The number of pyridine rings is 1. The Labute approximate surface area is 115 Å². The van der Waals surface area contributed by atoms with Crippen LogP contribution in [0.4, 0.5) is 0 Å². The second kappa shape index (κ2) is 4.49. The monoisotopic (exact) mass is 324 g/mol. The summed E-state index contributed by atoms with van der Waals surface area (Å²) in [7, 11) is 0. The summed E-state index contributed by atoms with van der Waals surface area (Å²) in [5, 5.41) is 5.26. The van der Waals surface area contributed by atoms with Crippen molar-refractivity contribution in [3.8, 4) is 0 Å². The van der Waals surface area contributed by atoms with Crippen molar-refractivity contribution in [3.05, 3.63) is 50.2 Å². The average Bonchev–Trinajstić information content (AvgIpc) is 2.98. The molecule has 5 heteroatoms. The van der Waals surface area contributed by atoms with Crippen LogP contribution in [0.15, 0.2) is 39.6 Å². The van der Waals surface area contributed by atoms with Crippen LogP contribution in [0, 0.1) is 0 Å². The summed E-state index contributed by atoms with van der Waals surface area (Å²) in [6, 6.07) is 5.94. The summed E-state index contributed by atoms with van der Waals surface area (Å²) >= 11 is 6.94. The summed E-state index contributed by atoms with van der Waals surface area (Å²) in [5.74, 6) is 0. The minimum absolute atomic E-state index is 0.149. The second-order valence-corrected chi connectivity index (χ2v) is 6.39. The Hall–Kier alpha value is -0.750. The van der Waals surface area contributed by atoms with Crippen molar-refractivity contribution in [2.75, 3.05) is 0 Å². The van der Waals surface area contributed by atoms with Crippen LogP contribution in [-0.4, -0.2) is 4.98 Å². The Balaban J connectivity index is 2.20. The Bertz CT molecular complexity index is 646. The molecule has 0 aliphatic carbocycles. The van der Waals surface area contributed by atoms with E-state index in [2.05, 4.69) is 32.4 Å². The zero-order valence-corrected chi connectivity index (χ0v) is 12.0. The van der Waals surface area contributed by atoms with Crippen LogP contribution in [0.5, 0.6) is 0 Å². The molecule has 86 valence electrons. The highest BCUT2D eigenvalue weighted by atomic mass is 79.9. The first-order chi connectivity index (χ1) is 8.27. The lowest BCUT2D eigenvalue weighted by Crippen LogP contribution is -2.12. The molecule has 0 amide bonds. The standard InChI is InChI=1S/C12H9BrN2S2/c13-7-6-17-8-3-4-15-12(10(7)8)11(14)9-2-1-5-16-9/h1-6,11H,14H2. The van der Waals surface area contributed by atoms with Crippen molar-refractivity contribution in [2.45, 2.75) is 6.04 Å². The van der Waals surface area contributed by atoms with Crippen LogP contribution < -0.4 is 5.73 Å². The number of aromatic nitrogens is 1. The summed E-state index contributed by atoms with van der Waals surface area (Å²) in [4.78, 5) is 5.60. The predicted molar refractivity (Wildman–Crippen MR) is 77.7 cm³/mol. The fourth-order valence-electron chi connectivity index (χ4n) is 1.81. The number of thiophene rings is 2. The van der Waals surface area contributed by atoms with E-state index in [0.717, 1.165) is 20.4 Å². The Morgan fingerprint density at radius 1 is 1.29 bits per heavy atom. The van der Waals surface area contributed by atoms with E-state index >= 15 is 0 Å². The molecule has 0 bridgehead atoms. The molecule has 0 saturated heterocycles. The van der Waals surface area contributed by atoms with E-state index in [0.29, 0.717) is 0 Å². The second-order valence-electron chi connectivity index (χ2n) is 3.65. The van der Waals surface area contributed by atoms with E-state index < -0.39 is 0 Å². The molecule has 3 heterocycles. The molecule has 2 N–H and O–H groups in total. The molecule has 0 saturated carbocycles. The predicted octanol–water partition coefficient (Wildman–Crippen LogP) is 4.17. The van der Waals surface area contributed by atoms with Gasteiger partial charge in [0, 0.05) is 31.0 Å². The van der Waals surface area contributed by atoms with E-state index in [1.54, 1.807) is 22.7 Å². The zero-order chi connectivity index (χ0) is 11.8. The van der Waals surface area contributed by atoms with Gasteiger partial charge in [-0.25, -0.2) is 0 Å². The number of hydrogen-bond donors (Lipinski definition) is 1. The molecule has 0 radical (unpaired) electrons. The quantitative estimate of drug-likeness (QED) is 0.768. The van der Waals surface area contributed by atoms with Gasteiger partial charge >= 0.3 is 0 Å². The summed E-state index contributed by atoms with van der Waals surface area (Å²) in [5.41, 5.74) is 7.23. The van der Waals surface area contributed by atoms with Gasteiger partial charge in [-0.05, 0) is 33.4 Å². The fraction of sp³-hybridized carbons (Fsp3) is 0.0833. The van der Waals surface area contributed by atoms with Gasteiger partial charge < -0.3 is 5.73 Å². The number of halogens is 1. The molecule has 17 heavy (non-hydrogen) atoms. The van der Waals surface area contributed by atoms with E-state index in [4.69, 9.17) is 5.73 Å². The maximum Gasteiger partial charge on any atom is 0.0827 e. The zero-order valence-electron chi connectivity index (χ0n) is 8.76. The lowest BCUT2D eigenvalue weighted by atomic mass is 10.1. The van der Waals surface area contributed by atoms with Crippen molar-refractivity contribution in [3.63, 3.8) is 0 Å². The first-order valence-electron chi connectivity index (χ1n) is 5.08. The smallest absolute Gasteiger partial charge is 0.0827 e. The lowest BCUT2D eigenvalue weighted by molar-refractivity contribution is 0.859. The van der Waals surface area contributed by atoms with Gasteiger partial charge in [0.25, 0.3) is 0 Å². The molecule has 0 aromatic carbocycles. The van der Waals surface area contributed by atoms with Crippen LogP contribution in [-0.2, 0) is 0 Å². The Morgan fingerprint density at radius 3 is 2.94 bits per heavy atom. The molecule has 3 aromatic rings. The summed E-state index contributed by atoms with van der Waals surface area (Å²) in [6.45, 7) is 0. The van der Waals surface area contributed by atoms with Crippen molar-refractivity contribution >= 4 is 48.7 Å². The molecular weight excluding hydrogens is 316 g/mol. The highest BCUT2D eigenvalue weighted by Crippen LogP contribution is 2.36. The maximum atomic E-state index is 6.29. The third-order valence-electron chi connectivity index (χ3n) is 2.61. The molecule has 0 aliphatic heterocycles. The number of hydrogen-bond acceptors (Lipinski definition) is 4. The molecule has 2 nitrogen and oxygen atoms in total. The first kappa shape index (κ1) is 11.3. The van der Waals surface area contributed by atoms with Gasteiger partial charge in [-0.3, -0.25) is 4.98 Å². The third-order valence-corrected chi connectivity index (χ3v) is 5.45. The molecule has 3 aromatic heterocycles.